The van der Waals surface area contributed by atoms with Crippen molar-refractivity contribution in [3.8, 4) is 11.4 Å². The van der Waals surface area contributed by atoms with Crippen LogP contribution in [0.5, 0.6) is 0 Å². The summed E-state index contributed by atoms with van der Waals surface area (Å²) in [5.41, 5.74) is 8.80. The third kappa shape index (κ3) is 1.74. The minimum absolute atomic E-state index is 0.442. The average Bonchev–Trinajstić information content (AvgIpc) is 2.78. The van der Waals surface area contributed by atoms with Crippen molar-refractivity contribution in [3.63, 3.8) is 0 Å². The highest BCUT2D eigenvalue weighted by atomic mass is 79.9. The van der Waals surface area contributed by atoms with Gasteiger partial charge in [0.15, 0.2) is 0 Å². The van der Waals surface area contributed by atoms with Crippen LogP contribution >= 0.6 is 15.9 Å². The summed E-state index contributed by atoms with van der Waals surface area (Å²) in [6.45, 7) is 0.442. The van der Waals surface area contributed by atoms with Crippen molar-refractivity contribution in [2.24, 2.45) is 5.73 Å². The number of fused-ring (bicyclic) bond motifs is 1. The molecule has 0 aliphatic carbocycles. The van der Waals surface area contributed by atoms with Gasteiger partial charge in [-0.15, -0.1) is 0 Å². The second kappa shape index (κ2) is 4.55. The molecule has 18 heavy (non-hydrogen) atoms. The van der Waals surface area contributed by atoms with Gasteiger partial charge in [-0.25, -0.2) is 4.98 Å². The van der Waals surface area contributed by atoms with Gasteiger partial charge in [-0.3, -0.25) is 4.40 Å². The molecule has 0 atom stereocenters. The van der Waals surface area contributed by atoms with Crippen molar-refractivity contribution in [3.05, 3.63) is 58.8 Å². The molecule has 90 valence electrons. The molecule has 0 fully saturated rings. The molecule has 0 bridgehead atoms. The van der Waals surface area contributed by atoms with E-state index in [1.165, 1.54) is 0 Å². The van der Waals surface area contributed by atoms with E-state index in [1.54, 1.807) is 0 Å². The molecule has 2 N–H and O–H groups in total. The SMILES string of the molecule is NCc1nc(-c2ccccc2Br)n2ccccc12. The van der Waals surface area contributed by atoms with Crippen LogP contribution in [-0.4, -0.2) is 9.38 Å². The highest BCUT2D eigenvalue weighted by Crippen LogP contribution is 2.28. The largest absolute Gasteiger partial charge is 0.325 e. The van der Waals surface area contributed by atoms with Crippen molar-refractivity contribution >= 4 is 21.4 Å². The Hall–Kier alpha value is -1.65. The average molecular weight is 302 g/mol. The molecule has 0 aliphatic rings. The summed E-state index contributed by atoms with van der Waals surface area (Å²) in [4.78, 5) is 4.65. The van der Waals surface area contributed by atoms with Gasteiger partial charge in [-0.1, -0.05) is 40.2 Å². The van der Waals surface area contributed by atoms with Gasteiger partial charge in [0.05, 0.1) is 11.2 Å². The lowest BCUT2D eigenvalue weighted by Gasteiger charge is -2.03. The van der Waals surface area contributed by atoms with E-state index in [0.29, 0.717) is 6.54 Å². The molecule has 0 saturated carbocycles. The number of imidazole rings is 1. The lowest BCUT2D eigenvalue weighted by atomic mass is 10.2. The fourth-order valence-electron chi connectivity index (χ4n) is 2.08. The lowest BCUT2D eigenvalue weighted by Crippen LogP contribution is -1.96. The van der Waals surface area contributed by atoms with E-state index in [0.717, 1.165) is 27.1 Å². The van der Waals surface area contributed by atoms with Gasteiger partial charge in [0.1, 0.15) is 5.82 Å². The van der Waals surface area contributed by atoms with E-state index in [9.17, 15) is 0 Å². The molecular formula is C14H12BrN3. The highest BCUT2D eigenvalue weighted by Gasteiger charge is 2.12. The summed E-state index contributed by atoms with van der Waals surface area (Å²) < 4.78 is 3.10. The Morgan fingerprint density at radius 2 is 1.89 bits per heavy atom. The van der Waals surface area contributed by atoms with Crippen molar-refractivity contribution in [1.29, 1.82) is 0 Å². The molecule has 4 heteroatoms. The zero-order valence-corrected chi connectivity index (χ0v) is 11.3. The quantitative estimate of drug-likeness (QED) is 0.790. The third-order valence-corrected chi connectivity index (χ3v) is 3.62. The van der Waals surface area contributed by atoms with Crippen molar-refractivity contribution in [1.82, 2.24) is 9.38 Å². The fraction of sp³-hybridized carbons (Fsp3) is 0.0714. The van der Waals surface area contributed by atoms with Crippen LogP contribution in [0.2, 0.25) is 0 Å². The first-order chi connectivity index (χ1) is 8.81. The lowest BCUT2D eigenvalue weighted by molar-refractivity contribution is 1.02. The number of hydrogen-bond acceptors (Lipinski definition) is 2. The minimum atomic E-state index is 0.442. The zero-order chi connectivity index (χ0) is 12.5. The Morgan fingerprint density at radius 3 is 2.67 bits per heavy atom. The van der Waals surface area contributed by atoms with Crippen LogP contribution in [0.3, 0.4) is 0 Å². The van der Waals surface area contributed by atoms with E-state index in [4.69, 9.17) is 5.73 Å². The molecule has 3 aromatic rings. The van der Waals surface area contributed by atoms with Crippen LogP contribution in [-0.2, 0) is 6.54 Å². The summed E-state index contributed by atoms with van der Waals surface area (Å²) in [6.07, 6.45) is 2.01. The second-order valence-electron chi connectivity index (χ2n) is 4.02. The first-order valence-electron chi connectivity index (χ1n) is 5.72. The zero-order valence-electron chi connectivity index (χ0n) is 9.68. The van der Waals surface area contributed by atoms with Gasteiger partial charge in [-0.2, -0.15) is 0 Å². The molecule has 3 nitrogen and oxygen atoms in total. The molecule has 0 amide bonds. The normalized spacial score (nSPS) is 11.0. The van der Waals surface area contributed by atoms with Gasteiger partial charge >= 0.3 is 0 Å². The number of nitrogens with two attached hydrogens (primary N) is 1. The predicted octanol–water partition coefficient (Wildman–Crippen LogP) is 3.22. The summed E-state index contributed by atoms with van der Waals surface area (Å²) in [6, 6.07) is 14.1. The van der Waals surface area contributed by atoms with E-state index in [2.05, 4.69) is 25.3 Å². The second-order valence-corrected chi connectivity index (χ2v) is 4.88. The van der Waals surface area contributed by atoms with Crippen molar-refractivity contribution in [2.75, 3.05) is 0 Å². The van der Waals surface area contributed by atoms with Gasteiger partial charge in [0.2, 0.25) is 0 Å². The monoisotopic (exact) mass is 301 g/mol. The van der Waals surface area contributed by atoms with Crippen LogP contribution in [0.15, 0.2) is 53.1 Å². The summed E-state index contributed by atoms with van der Waals surface area (Å²) >= 11 is 3.57. The third-order valence-electron chi connectivity index (χ3n) is 2.93. The van der Waals surface area contributed by atoms with Crippen LogP contribution < -0.4 is 5.73 Å². The van der Waals surface area contributed by atoms with Gasteiger partial charge in [0.25, 0.3) is 0 Å². The Kier molecular flexibility index (Phi) is 2.89. The Bertz CT molecular complexity index is 703. The number of rotatable bonds is 2. The Morgan fingerprint density at radius 1 is 1.11 bits per heavy atom. The van der Waals surface area contributed by atoms with E-state index in [-0.39, 0.29) is 0 Å². The van der Waals surface area contributed by atoms with Crippen LogP contribution in [0.25, 0.3) is 16.9 Å². The smallest absolute Gasteiger partial charge is 0.146 e. The number of halogens is 1. The molecule has 3 rings (SSSR count). The number of nitrogens with zero attached hydrogens (tertiary/aromatic N) is 2. The van der Waals surface area contributed by atoms with Gasteiger partial charge < -0.3 is 5.73 Å². The van der Waals surface area contributed by atoms with E-state index in [1.807, 2.05) is 48.7 Å². The van der Waals surface area contributed by atoms with Gasteiger partial charge in [0, 0.05) is 22.8 Å². The van der Waals surface area contributed by atoms with Crippen LogP contribution in [0, 0.1) is 0 Å². The number of benzene rings is 1. The minimum Gasteiger partial charge on any atom is -0.325 e. The van der Waals surface area contributed by atoms with Crippen molar-refractivity contribution < 1.29 is 0 Å². The standard InChI is InChI=1S/C14H12BrN3/c15-11-6-2-1-5-10(11)14-17-12(9-16)13-7-3-4-8-18(13)14/h1-8H,9,16H2. The fourth-order valence-corrected chi connectivity index (χ4v) is 2.55. The molecule has 0 aliphatic heterocycles. The maximum absolute atomic E-state index is 5.76. The first kappa shape index (κ1) is 11.4. The topological polar surface area (TPSA) is 43.3 Å². The van der Waals surface area contributed by atoms with Crippen molar-refractivity contribution in [2.45, 2.75) is 6.54 Å². The molecule has 0 saturated heterocycles. The maximum Gasteiger partial charge on any atom is 0.146 e. The van der Waals surface area contributed by atoms with Crippen LogP contribution in [0.4, 0.5) is 0 Å². The van der Waals surface area contributed by atoms with E-state index < -0.39 is 0 Å². The maximum atomic E-state index is 5.76. The number of hydrogen-bond donors (Lipinski definition) is 1. The summed E-state index contributed by atoms with van der Waals surface area (Å²) in [7, 11) is 0. The van der Waals surface area contributed by atoms with E-state index >= 15 is 0 Å². The number of aromatic nitrogens is 2. The molecular weight excluding hydrogens is 290 g/mol. The first-order valence-corrected chi connectivity index (χ1v) is 6.51. The molecule has 0 unspecified atom stereocenters. The molecule has 2 aromatic heterocycles. The molecule has 0 spiro atoms. The molecule has 2 heterocycles. The van der Waals surface area contributed by atoms with Crippen LogP contribution in [0.1, 0.15) is 5.69 Å². The molecule has 1 aromatic carbocycles. The number of pyridine rings is 1. The predicted molar refractivity (Wildman–Crippen MR) is 76.2 cm³/mol. The highest BCUT2D eigenvalue weighted by molar-refractivity contribution is 9.10. The Balaban J connectivity index is 2.33. The summed E-state index contributed by atoms with van der Waals surface area (Å²) in [5, 5.41) is 0. The molecule has 0 radical (unpaired) electrons. The summed E-state index contributed by atoms with van der Waals surface area (Å²) in [5.74, 6) is 0.915. The van der Waals surface area contributed by atoms with Gasteiger partial charge in [-0.05, 0) is 18.2 Å². The Labute approximate surface area is 113 Å².